The van der Waals surface area contributed by atoms with Gasteiger partial charge in [-0.05, 0) is 62.2 Å². The van der Waals surface area contributed by atoms with Gasteiger partial charge < -0.3 is 5.32 Å². The summed E-state index contributed by atoms with van der Waals surface area (Å²) in [5, 5.41) is 4.45. The van der Waals surface area contributed by atoms with Crippen LogP contribution in [0, 0.1) is 11.8 Å². The monoisotopic (exact) mass is 294 g/mol. The fraction of sp³-hybridized carbons (Fsp3) is 0.706. The number of pyridine rings is 1. The minimum atomic E-state index is 0.766. The Kier molecular flexibility index (Phi) is 6.81. The summed E-state index contributed by atoms with van der Waals surface area (Å²) in [7, 11) is 0. The molecule has 0 bridgehead atoms. The van der Waals surface area contributed by atoms with E-state index in [9.17, 15) is 0 Å². The SMILES string of the molecule is CCCNCC1CCCCCC1Cc1ccncc1Cl. The van der Waals surface area contributed by atoms with Crippen molar-refractivity contribution in [3.05, 3.63) is 29.0 Å². The van der Waals surface area contributed by atoms with Gasteiger partial charge >= 0.3 is 0 Å². The summed E-state index contributed by atoms with van der Waals surface area (Å²) in [6, 6.07) is 2.09. The molecule has 3 heteroatoms. The molecule has 2 rings (SSSR count). The Morgan fingerprint density at radius 1 is 1.25 bits per heavy atom. The van der Waals surface area contributed by atoms with E-state index in [-0.39, 0.29) is 0 Å². The molecule has 1 aromatic heterocycles. The molecule has 1 N–H and O–H groups in total. The summed E-state index contributed by atoms with van der Waals surface area (Å²) in [4.78, 5) is 4.09. The van der Waals surface area contributed by atoms with Crippen molar-refractivity contribution >= 4 is 11.6 Å². The molecule has 1 aliphatic rings. The maximum atomic E-state index is 6.28. The van der Waals surface area contributed by atoms with Gasteiger partial charge in [-0.1, -0.05) is 37.8 Å². The van der Waals surface area contributed by atoms with Crippen LogP contribution in [-0.4, -0.2) is 18.1 Å². The van der Waals surface area contributed by atoms with Crippen LogP contribution in [0.2, 0.25) is 5.02 Å². The number of hydrogen-bond donors (Lipinski definition) is 1. The molecule has 0 radical (unpaired) electrons. The standard InChI is InChI=1S/C17H27ClN2/c1-2-9-19-12-16-7-5-3-4-6-14(16)11-15-8-10-20-13-17(15)18/h8,10,13-14,16,19H,2-7,9,11-12H2,1H3. The summed E-state index contributed by atoms with van der Waals surface area (Å²) < 4.78 is 0. The van der Waals surface area contributed by atoms with Crippen molar-refractivity contribution in [3.63, 3.8) is 0 Å². The molecule has 2 unspecified atom stereocenters. The number of rotatable bonds is 6. The first-order valence-corrected chi connectivity index (χ1v) is 8.48. The van der Waals surface area contributed by atoms with Crippen LogP contribution < -0.4 is 5.32 Å². The van der Waals surface area contributed by atoms with Crippen molar-refractivity contribution < 1.29 is 0 Å². The van der Waals surface area contributed by atoms with E-state index < -0.39 is 0 Å². The molecule has 0 aromatic carbocycles. The molecular weight excluding hydrogens is 268 g/mol. The Hall–Kier alpha value is -0.600. The van der Waals surface area contributed by atoms with Crippen LogP contribution in [0.25, 0.3) is 0 Å². The van der Waals surface area contributed by atoms with E-state index in [0.29, 0.717) is 0 Å². The van der Waals surface area contributed by atoms with Gasteiger partial charge in [0.05, 0.1) is 5.02 Å². The quantitative estimate of drug-likeness (QED) is 0.618. The molecule has 1 heterocycles. The van der Waals surface area contributed by atoms with E-state index in [1.54, 1.807) is 6.20 Å². The average Bonchev–Trinajstić information content (AvgIpc) is 2.67. The van der Waals surface area contributed by atoms with Crippen molar-refractivity contribution in [2.75, 3.05) is 13.1 Å². The number of nitrogens with one attached hydrogen (secondary N) is 1. The Labute approximate surface area is 128 Å². The second kappa shape index (κ2) is 8.63. The second-order valence-electron chi connectivity index (χ2n) is 6.03. The number of halogens is 1. The van der Waals surface area contributed by atoms with E-state index in [4.69, 9.17) is 11.6 Å². The Balaban J connectivity index is 1.98. The third kappa shape index (κ3) is 4.75. The molecule has 0 saturated heterocycles. The third-order valence-electron chi connectivity index (χ3n) is 4.49. The van der Waals surface area contributed by atoms with Crippen molar-refractivity contribution in [2.45, 2.75) is 51.9 Å². The molecule has 112 valence electrons. The number of nitrogens with zero attached hydrogens (tertiary/aromatic N) is 1. The maximum Gasteiger partial charge on any atom is 0.0621 e. The maximum absolute atomic E-state index is 6.28. The van der Waals surface area contributed by atoms with E-state index >= 15 is 0 Å². The Morgan fingerprint density at radius 3 is 2.80 bits per heavy atom. The van der Waals surface area contributed by atoms with E-state index in [1.165, 1.54) is 50.6 Å². The molecule has 0 aliphatic heterocycles. The minimum Gasteiger partial charge on any atom is -0.316 e. The van der Waals surface area contributed by atoms with Crippen LogP contribution in [0.5, 0.6) is 0 Å². The molecule has 2 nitrogen and oxygen atoms in total. The van der Waals surface area contributed by atoms with Crippen LogP contribution in [0.15, 0.2) is 18.5 Å². The highest BCUT2D eigenvalue weighted by atomic mass is 35.5. The van der Waals surface area contributed by atoms with Crippen molar-refractivity contribution in [1.29, 1.82) is 0 Å². The first-order valence-electron chi connectivity index (χ1n) is 8.10. The molecule has 1 aliphatic carbocycles. The Bertz CT molecular complexity index is 394. The van der Waals surface area contributed by atoms with E-state index in [2.05, 4.69) is 23.3 Å². The predicted octanol–water partition coefficient (Wildman–Crippen LogP) is 4.47. The lowest BCUT2D eigenvalue weighted by atomic mass is 9.83. The van der Waals surface area contributed by atoms with Gasteiger partial charge in [-0.2, -0.15) is 0 Å². The van der Waals surface area contributed by atoms with Gasteiger partial charge in [0, 0.05) is 12.4 Å². The largest absolute Gasteiger partial charge is 0.316 e. The van der Waals surface area contributed by atoms with Crippen molar-refractivity contribution in [3.8, 4) is 0 Å². The highest BCUT2D eigenvalue weighted by Crippen LogP contribution is 2.32. The average molecular weight is 295 g/mol. The molecule has 1 fully saturated rings. The molecular formula is C17H27ClN2. The minimum absolute atomic E-state index is 0.766. The zero-order valence-electron chi connectivity index (χ0n) is 12.6. The summed E-state index contributed by atoms with van der Waals surface area (Å²) in [5.41, 5.74) is 1.27. The number of hydrogen-bond acceptors (Lipinski definition) is 2. The van der Waals surface area contributed by atoms with Crippen LogP contribution in [-0.2, 0) is 6.42 Å². The highest BCUT2D eigenvalue weighted by Gasteiger charge is 2.24. The fourth-order valence-electron chi connectivity index (χ4n) is 3.31. The zero-order valence-corrected chi connectivity index (χ0v) is 13.3. The lowest BCUT2D eigenvalue weighted by Crippen LogP contribution is -2.29. The lowest BCUT2D eigenvalue weighted by Gasteiger charge is -2.26. The lowest BCUT2D eigenvalue weighted by molar-refractivity contribution is 0.298. The van der Waals surface area contributed by atoms with Crippen molar-refractivity contribution in [1.82, 2.24) is 10.3 Å². The van der Waals surface area contributed by atoms with E-state index in [1.807, 2.05) is 6.20 Å². The molecule has 1 saturated carbocycles. The molecule has 1 aromatic rings. The second-order valence-corrected chi connectivity index (χ2v) is 6.44. The van der Waals surface area contributed by atoms with Gasteiger partial charge in [0.15, 0.2) is 0 Å². The molecule has 20 heavy (non-hydrogen) atoms. The normalized spacial score (nSPS) is 23.5. The first kappa shape index (κ1) is 15.8. The highest BCUT2D eigenvalue weighted by molar-refractivity contribution is 6.31. The van der Waals surface area contributed by atoms with Crippen molar-refractivity contribution in [2.24, 2.45) is 11.8 Å². The summed E-state index contributed by atoms with van der Waals surface area (Å²) in [5.74, 6) is 1.56. The van der Waals surface area contributed by atoms with Gasteiger partial charge in [0.2, 0.25) is 0 Å². The topological polar surface area (TPSA) is 24.9 Å². The van der Waals surface area contributed by atoms with E-state index in [0.717, 1.165) is 29.8 Å². The van der Waals surface area contributed by atoms with Crippen LogP contribution in [0.1, 0.15) is 51.0 Å². The van der Waals surface area contributed by atoms with Gasteiger partial charge in [-0.3, -0.25) is 4.98 Å². The van der Waals surface area contributed by atoms with Crippen LogP contribution in [0.3, 0.4) is 0 Å². The Morgan fingerprint density at radius 2 is 2.05 bits per heavy atom. The number of aromatic nitrogens is 1. The zero-order chi connectivity index (χ0) is 14.2. The molecule has 0 amide bonds. The van der Waals surface area contributed by atoms with Gasteiger partial charge in [-0.25, -0.2) is 0 Å². The van der Waals surface area contributed by atoms with Crippen LogP contribution in [0.4, 0.5) is 0 Å². The van der Waals surface area contributed by atoms with Gasteiger partial charge in [-0.15, -0.1) is 0 Å². The third-order valence-corrected chi connectivity index (χ3v) is 4.83. The summed E-state index contributed by atoms with van der Waals surface area (Å²) in [6.07, 6.45) is 12.8. The summed E-state index contributed by atoms with van der Waals surface area (Å²) in [6.45, 7) is 4.54. The van der Waals surface area contributed by atoms with Gasteiger partial charge in [0.25, 0.3) is 0 Å². The van der Waals surface area contributed by atoms with Crippen LogP contribution >= 0.6 is 11.6 Å². The first-order chi connectivity index (χ1) is 9.81. The smallest absolute Gasteiger partial charge is 0.0621 e. The fourth-order valence-corrected chi connectivity index (χ4v) is 3.51. The summed E-state index contributed by atoms with van der Waals surface area (Å²) >= 11 is 6.28. The van der Waals surface area contributed by atoms with Gasteiger partial charge in [0.1, 0.15) is 0 Å². The molecule has 0 spiro atoms. The predicted molar refractivity (Wildman–Crippen MR) is 86.2 cm³/mol. The molecule has 2 atom stereocenters.